The number of para-hydroxylation sites is 1. The van der Waals surface area contributed by atoms with E-state index in [4.69, 9.17) is 9.47 Å². The van der Waals surface area contributed by atoms with Gasteiger partial charge < -0.3 is 9.47 Å². The molecule has 172 valence electrons. The smallest absolute Gasteiger partial charge is 0.339 e. The maximum absolute atomic E-state index is 12.8. The molecule has 0 spiro atoms. The zero-order valence-electron chi connectivity index (χ0n) is 18.3. The van der Waals surface area contributed by atoms with Gasteiger partial charge in [0.2, 0.25) is 0 Å². The molecule has 7 nitrogen and oxygen atoms in total. The van der Waals surface area contributed by atoms with Gasteiger partial charge in [-0.05, 0) is 41.5 Å². The number of fused-ring (bicyclic) bond motifs is 4. The van der Waals surface area contributed by atoms with Crippen molar-refractivity contribution in [2.75, 3.05) is 0 Å². The van der Waals surface area contributed by atoms with Crippen LogP contribution < -0.4 is 5.56 Å². The summed E-state index contributed by atoms with van der Waals surface area (Å²) < 4.78 is 13.5. The molecule has 0 saturated heterocycles. The molecule has 0 radical (unpaired) electrons. The van der Waals surface area contributed by atoms with Gasteiger partial charge in [0.15, 0.2) is 4.96 Å². The molecule has 0 aliphatic carbocycles. The number of benzene rings is 3. The molecule has 0 amide bonds. The van der Waals surface area contributed by atoms with Gasteiger partial charge in [-0.25, -0.2) is 14.6 Å². The van der Waals surface area contributed by atoms with E-state index in [1.165, 1.54) is 17.4 Å². The van der Waals surface area contributed by atoms with E-state index >= 15 is 0 Å². The lowest BCUT2D eigenvalue weighted by atomic mass is 9.93. The van der Waals surface area contributed by atoms with Crippen molar-refractivity contribution < 1.29 is 19.1 Å². The summed E-state index contributed by atoms with van der Waals surface area (Å²) in [4.78, 5) is 43.0. The van der Waals surface area contributed by atoms with Gasteiger partial charge in [-0.2, -0.15) is 0 Å². The summed E-state index contributed by atoms with van der Waals surface area (Å²) in [6, 6.07) is 23.3. The third kappa shape index (κ3) is 3.87. The molecule has 0 saturated carbocycles. The van der Waals surface area contributed by atoms with Crippen molar-refractivity contribution in [3.8, 4) is 0 Å². The molecule has 0 bridgehead atoms. The Morgan fingerprint density at radius 3 is 2.69 bits per heavy atom. The molecule has 1 aliphatic rings. The van der Waals surface area contributed by atoms with Crippen LogP contribution in [-0.4, -0.2) is 21.3 Å². The maximum atomic E-state index is 12.8. The van der Waals surface area contributed by atoms with E-state index in [0.717, 1.165) is 21.3 Å². The molecule has 1 atom stereocenters. The zero-order chi connectivity index (χ0) is 23.9. The first-order valence-corrected chi connectivity index (χ1v) is 11.8. The SMILES string of the molecule is O=C(OCc1cc(=O)n2c(n1)sc1ccccc12)c1ccc2c(c1)CC(c1ccccc1)OC2=O. The van der Waals surface area contributed by atoms with Gasteiger partial charge in [0, 0.05) is 12.5 Å². The Kier molecular flexibility index (Phi) is 5.15. The van der Waals surface area contributed by atoms with E-state index in [0.29, 0.717) is 28.2 Å². The van der Waals surface area contributed by atoms with Crippen LogP contribution in [0.2, 0.25) is 0 Å². The van der Waals surface area contributed by atoms with Gasteiger partial charge in [0.05, 0.1) is 27.0 Å². The predicted molar refractivity (Wildman–Crippen MR) is 131 cm³/mol. The molecule has 3 aromatic carbocycles. The standard InChI is InChI=1S/C27H18N2O5S/c30-24-14-19(28-27-29(24)21-8-4-5-9-23(21)35-27)15-33-25(31)17-10-11-20-18(12-17)13-22(34-26(20)32)16-6-2-1-3-7-16/h1-12,14,22H,13,15H2. The molecular formula is C27H18N2O5S. The summed E-state index contributed by atoms with van der Waals surface area (Å²) in [7, 11) is 0. The molecule has 0 N–H and O–H groups in total. The minimum absolute atomic E-state index is 0.134. The Morgan fingerprint density at radius 1 is 1.03 bits per heavy atom. The highest BCUT2D eigenvalue weighted by Gasteiger charge is 2.28. The van der Waals surface area contributed by atoms with Crippen LogP contribution >= 0.6 is 11.3 Å². The molecule has 1 unspecified atom stereocenters. The van der Waals surface area contributed by atoms with Crippen molar-refractivity contribution in [1.82, 2.24) is 9.38 Å². The van der Waals surface area contributed by atoms with Crippen molar-refractivity contribution in [1.29, 1.82) is 0 Å². The van der Waals surface area contributed by atoms with E-state index < -0.39 is 18.0 Å². The Labute approximate surface area is 203 Å². The lowest BCUT2D eigenvalue weighted by Gasteiger charge is -2.25. The summed E-state index contributed by atoms with van der Waals surface area (Å²) in [6.07, 6.45) is 0.0559. The van der Waals surface area contributed by atoms with E-state index in [1.807, 2.05) is 54.6 Å². The first-order chi connectivity index (χ1) is 17.1. The Morgan fingerprint density at radius 2 is 1.83 bits per heavy atom. The second-order valence-corrected chi connectivity index (χ2v) is 9.24. The largest absolute Gasteiger partial charge is 0.456 e. The molecule has 2 aromatic heterocycles. The van der Waals surface area contributed by atoms with Gasteiger partial charge in [0.1, 0.15) is 12.7 Å². The number of nitrogens with zero attached hydrogens (tertiary/aromatic N) is 2. The highest BCUT2D eigenvalue weighted by Crippen LogP contribution is 2.31. The molecule has 3 heterocycles. The van der Waals surface area contributed by atoms with Crippen LogP contribution in [0.3, 0.4) is 0 Å². The van der Waals surface area contributed by atoms with Crippen LogP contribution in [0.4, 0.5) is 0 Å². The molecule has 8 heteroatoms. The number of cyclic esters (lactones) is 1. The molecule has 1 aliphatic heterocycles. The fraction of sp³-hybridized carbons (Fsp3) is 0.111. The van der Waals surface area contributed by atoms with Gasteiger partial charge in [-0.1, -0.05) is 53.8 Å². The van der Waals surface area contributed by atoms with Crippen LogP contribution in [-0.2, 0) is 22.5 Å². The molecule has 5 aromatic rings. The second-order valence-electron chi connectivity index (χ2n) is 8.23. The van der Waals surface area contributed by atoms with E-state index in [9.17, 15) is 14.4 Å². The Hall–Kier alpha value is -4.30. The number of esters is 2. The number of aromatic nitrogens is 2. The zero-order valence-corrected chi connectivity index (χ0v) is 19.2. The predicted octanol–water partition coefficient (Wildman–Crippen LogP) is 4.72. The normalized spacial score (nSPS) is 15.1. The number of ether oxygens (including phenoxy) is 2. The summed E-state index contributed by atoms with van der Waals surface area (Å²) in [5, 5.41) is 0. The van der Waals surface area contributed by atoms with Gasteiger partial charge in [-0.3, -0.25) is 9.20 Å². The lowest BCUT2D eigenvalue weighted by Crippen LogP contribution is -2.22. The third-order valence-electron chi connectivity index (χ3n) is 5.99. The number of rotatable bonds is 4. The summed E-state index contributed by atoms with van der Waals surface area (Å²) in [5.41, 5.74) is 3.35. The number of carbonyl (C=O) groups is 2. The second kappa shape index (κ2) is 8.48. The number of thiazole rings is 1. The first kappa shape index (κ1) is 21.2. The van der Waals surface area contributed by atoms with Crippen LogP contribution in [0.1, 0.15) is 43.6 Å². The maximum Gasteiger partial charge on any atom is 0.339 e. The minimum atomic E-state index is -0.554. The van der Waals surface area contributed by atoms with Crippen molar-refractivity contribution in [3.05, 3.63) is 117 Å². The fourth-order valence-electron chi connectivity index (χ4n) is 4.30. The van der Waals surface area contributed by atoms with E-state index in [1.54, 1.807) is 22.6 Å². The van der Waals surface area contributed by atoms with Gasteiger partial charge in [-0.15, -0.1) is 0 Å². The molecule has 0 fully saturated rings. The van der Waals surface area contributed by atoms with Crippen LogP contribution in [0.15, 0.2) is 83.7 Å². The van der Waals surface area contributed by atoms with Crippen molar-refractivity contribution in [2.45, 2.75) is 19.1 Å². The average Bonchev–Trinajstić information content (AvgIpc) is 3.26. The van der Waals surface area contributed by atoms with Crippen LogP contribution in [0.25, 0.3) is 15.2 Å². The van der Waals surface area contributed by atoms with Crippen LogP contribution in [0.5, 0.6) is 0 Å². The molecule has 6 rings (SSSR count). The quantitative estimate of drug-likeness (QED) is 0.345. The highest BCUT2D eigenvalue weighted by atomic mass is 32.1. The number of carbonyl (C=O) groups excluding carboxylic acids is 2. The third-order valence-corrected chi connectivity index (χ3v) is 7.01. The Bertz CT molecular complexity index is 1670. The summed E-state index contributed by atoms with van der Waals surface area (Å²) in [6.45, 7) is -0.134. The lowest BCUT2D eigenvalue weighted by molar-refractivity contribution is 0.0251. The fourth-order valence-corrected chi connectivity index (χ4v) is 5.35. The monoisotopic (exact) mass is 482 g/mol. The summed E-state index contributed by atoms with van der Waals surface area (Å²) in [5.74, 6) is -0.970. The summed E-state index contributed by atoms with van der Waals surface area (Å²) >= 11 is 1.40. The van der Waals surface area contributed by atoms with E-state index in [-0.39, 0.29) is 12.2 Å². The van der Waals surface area contributed by atoms with Crippen LogP contribution in [0, 0.1) is 0 Å². The van der Waals surface area contributed by atoms with Crippen molar-refractivity contribution >= 4 is 38.5 Å². The first-order valence-electron chi connectivity index (χ1n) is 11.0. The van der Waals surface area contributed by atoms with E-state index in [2.05, 4.69) is 4.98 Å². The number of hydrogen-bond donors (Lipinski definition) is 0. The topological polar surface area (TPSA) is 87.0 Å². The highest BCUT2D eigenvalue weighted by molar-refractivity contribution is 7.23. The Balaban J connectivity index is 1.22. The average molecular weight is 483 g/mol. The minimum Gasteiger partial charge on any atom is -0.456 e. The van der Waals surface area contributed by atoms with Gasteiger partial charge >= 0.3 is 11.9 Å². The van der Waals surface area contributed by atoms with Crippen molar-refractivity contribution in [2.24, 2.45) is 0 Å². The van der Waals surface area contributed by atoms with Crippen molar-refractivity contribution in [3.63, 3.8) is 0 Å². The number of hydrogen-bond acceptors (Lipinski definition) is 7. The molecular weight excluding hydrogens is 464 g/mol. The molecule has 35 heavy (non-hydrogen) atoms. The van der Waals surface area contributed by atoms with Gasteiger partial charge in [0.25, 0.3) is 5.56 Å².